The molecule has 126 valence electrons. The van der Waals surface area contributed by atoms with Crippen molar-refractivity contribution in [3.63, 3.8) is 0 Å². The van der Waals surface area contributed by atoms with Gasteiger partial charge in [-0.05, 0) is 36.8 Å². The molecule has 4 aromatic rings. The Kier molecular flexibility index (Phi) is 3.58. The number of furan rings is 1. The first kappa shape index (κ1) is 15.2. The number of nitrogens with one attached hydrogen (secondary N) is 1. The van der Waals surface area contributed by atoms with E-state index in [1.54, 1.807) is 10.7 Å². The molecule has 3 heterocycles. The number of nitrogens with two attached hydrogens (primary N) is 1. The summed E-state index contributed by atoms with van der Waals surface area (Å²) in [4.78, 5) is 8.53. The lowest BCUT2D eigenvalue weighted by Crippen LogP contribution is -2.04. The van der Waals surface area contributed by atoms with Crippen molar-refractivity contribution in [3.8, 4) is 11.6 Å². The van der Waals surface area contributed by atoms with Crippen LogP contribution in [0.1, 0.15) is 11.3 Å². The first-order valence-corrected chi connectivity index (χ1v) is 7.69. The Bertz CT molecular complexity index is 1050. The molecule has 0 amide bonds. The number of aryl methyl sites for hydroxylation is 1. The van der Waals surface area contributed by atoms with E-state index in [-0.39, 0.29) is 12.6 Å². The molecule has 8 heteroatoms. The molecule has 0 fully saturated rings. The van der Waals surface area contributed by atoms with Crippen molar-refractivity contribution in [3.05, 3.63) is 53.9 Å². The highest BCUT2D eigenvalue weighted by molar-refractivity contribution is 5.75. The third-order valence-corrected chi connectivity index (χ3v) is 3.73. The van der Waals surface area contributed by atoms with Crippen LogP contribution in [-0.2, 0) is 6.61 Å². The monoisotopic (exact) mass is 336 g/mol. The Morgan fingerprint density at radius 1 is 1.24 bits per heavy atom. The second kappa shape index (κ2) is 5.91. The molecule has 4 N–H and O–H groups in total. The molecule has 25 heavy (non-hydrogen) atoms. The molecule has 0 saturated carbocycles. The summed E-state index contributed by atoms with van der Waals surface area (Å²) >= 11 is 0. The Morgan fingerprint density at radius 2 is 2.12 bits per heavy atom. The molecule has 0 bridgehead atoms. The van der Waals surface area contributed by atoms with E-state index in [1.807, 2.05) is 43.3 Å². The first-order chi connectivity index (χ1) is 12.1. The van der Waals surface area contributed by atoms with Crippen molar-refractivity contribution in [1.29, 1.82) is 0 Å². The summed E-state index contributed by atoms with van der Waals surface area (Å²) in [5.41, 5.74) is 8.70. The Hall–Kier alpha value is -3.39. The van der Waals surface area contributed by atoms with Gasteiger partial charge in [-0.15, -0.1) is 0 Å². The number of fused-ring (bicyclic) bond motifs is 1. The van der Waals surface area contributed by atoms with Crippen molar-refractivity contribution in [2.75, 3.05) is 11.1 Å². The molecule has 0 unspecified atom stereocenters. The fourth-order valence-corrected chi connectivity index (χ4v) is 2.60. The van der Waals surface area contributed by atoms with Gasteiger partial charge in [0.05, 0.1) is 12.8 Å². The van der Waals surface area contributed by atoms with Gasteiger partial charge in [-0.3, -0.25) is 0 Å². The number of nitrogen functional groups attached to an aromatic ring is 1. The summed E-state index contributed by atoms with van der Waals surface area (Å²) in [5, 5.41) is 16.9. The maximum Gasteiger partial charge on any atom is 0.224 e. The summed E-state index contributed by atoms with van der Waals surface area (Å²) in [5.74, 6) is 1.94. The van der Waals surface area contributed by atoms with Crippen LogP contribution >= 0.6 is 0 Å². The van der Waals surface area contributed by atoms with E-state index in [9.17, 15) is 5.11 Å². The lowest BCUT2D eigenvalue weighted by molar-refractivity contribution is 0.282. The van der Waals surface area contributed by atoms with Crippen LogP contribution in [0.3, 0.4) is 0 Å². The van der Waals surface area contributed by atoms with Crippen molar-refractivity contribution < 1.29 is 9.52 Å². The van der Waals surface area contributed by atoms with Crippen molar-refractivity contribution >= 4 is 23.0 Å². The fraction of sp³-hybridized carbons (Fsp3) is 0.118. The summed E-state index contributed by atoms with van der Waals surface area (Å²) < 4.78 is 7.21. The van der Waals surface area contributed by atoms with Crippen LogP contribution in [-0.4, -0.2) is 24.7 Å². The average Bonchev–Trinajstić information content (AvgIpc) is 3.21. The van der Waals surface area contributed by atoms with Crippen molar-refractivity contribution in [2.24, 2.45) is 0 Å². The maximum atomic E-state index is 9.27. The van der Waals surface area contributed by atoms with Crippen LogP contribution in [0, 0.1) is 6.92 Å². The Morgan fingerprint density at radius 3 is 2.88 bits per heavy atom. The zero-order valence-corrected chi connectivity index (χ0v) is 13.5. The number of aromatic nitrogens is 4. The summed E-state index contributed by atoms with van der Waals surface area (Å²) in [7, 11) is 0. The molecule has 1 aromatic carbocycles. The van der Waals surface area contributed by atoms with E-state index < -0.39 is 0 Å². The lowest BCUT2D eigenvalue weighted by Gasteiger charge is -2.07. The van der Waals surface area contributed by atoms with E-state index in [0.717, 1.165) is 17.0 Å². The number of anilines is 3. The molecule has 0 spiro atoms. The zero-order chi connectivity index (χ0) is 17.4. The standard InChI is InChI=1S/C17H16N6O2/c1-10-5-6-14(25-10)16-22-17(18)21-15-13(8-19-23(15)16)20-12-4-2-3-11(7-12)9-24/h2-8,20,24H,9H2,1H3,(H2,18,21). The van der Waals surface area contributed by atoms with E-state index in [1.165, 1.54) is 0 Å². The third kappa shape index (κ3) is 2.79. The molecule has 0 aliphatic rings. The molecule has 0 radical (unpaired) electrons. The van der Waals surface area contributed by atoms with Crippen molar-refractivity contribution in [2.45, 2.75) is 13.5 Å². The first-order valence-electron chi connectivity index (χ1n) is 7.69. The Labute approximate surface area is 142 Å². The number of benzene rings is 1. The number of nitrogens with zero attached hydrogens (tertiary/aromatic N) is 4. The molecule has 0 saturated heterocycles. The molecular formula is C17H16N6O2. The van der Waals surface area contributed by atoms with Gasteiger partial charge in [0, 0.05) is 5.69 Å². The predicted molar refractivity (Wildman–Crippen MR) is 93.3 cm³/mol. The fourth-order valence-electron chi connectivity index (χ4n) is 2.60. The smallest absolute Gasteiger partial charge is 0.224 e. The van der Waals surface area contributed by atoms with E-state index >= 15 is 0 Å². The number of hydrogen-bond donors (Lipinski definition) is 3. The van der Waals surface area contributed by atoms with Gasteiger partial charge >= 0.3 is 0 Å². The molecule has 0 atom stereocenters. The van der Waals surface area contributed by atoms with Gasteiger partial charge in [0.25, 0.3) is 0 Å². The molecule has 3 aromatic heterocycles. The zero-order valence-electron chi connectivity index (χ0n) is 13.5. The molecule has 0 aliphatic heterocycles. The minimum absolute atomic E-state index is 0.0264. The highest BCUT2D eigenvalue weighted by Crippen LogP contribution is 2.26. The number of aliphatic hydroxyl groups excluding tert-OH is 1. The van der Waals surface area contributed by atoms with Crippen LogP contribution in [0.4, 0.5) is 17.3 Å². The SMILES string of the molecule is Cc1ccc(-c2nc(N)nc3c(Nc4cccc(CO)c4)cnn23)o1. The van der Waals surface area contributed by atoms with E-state index in [0.29, 0.717) is 22.9 Å². The topological polar surface area (TPSA) is 114 Å². The van der Waals surface area contributed by atoms with E-state index in [2.05, 4.69) is 20.4 Å². The Balaban J connectivity index is 1.80. The van der Waals surface area contributed by atoms with Crippen LogP contribution in [0.2, 0.25) is 0 Å². The van der Waals surface area contributed by atoms with Gasteiger partial charge in [0.15, 0.2) is 11.4 Å². The summed E-state index contributed by atoms with van der Waals surface area (Å²) in [6.07, 6.45) is 1.65. The predicted octanol–water partition coefficient (Wildman–Crippen LogP) is 2.51. The van der Waals surface area contributed by atoms with Crippen LogP contribution < -0.4 is 11.1 Å². The molecule has 0 aliphatic carbocycles. The van der Waals surface area contributed by atoms with Gasteiger partial charge in [-0.2, -0.15) is 19.6 Å². The van der Waals surface area contributed by atoms with Crippen LogP contribution in [0.5, 0.6) is 0 Å². The highest BCUT2D eigenvalue weighted by Gasteiger charge is 2.16. The van der Waals surface area contributed by atoms with Gasteiger partial charge in [-0.25, -0.2) is 0 Å². The highest BCUT2D eigenvalue weighted by atomic mass is 16.3. The van der Waals surface area contributed by atoms with Gasteiger partial charge in [-0.1, -0.05) is 12.1 Å². The van der Waals surface area contributed by atoms with Gasteiger partial charge in [0.1, 0.15) is 11.4 Å². The largest absolute Gasteiger partial charge is 0.458 e. The molecular weight excluding hydrogens is 320 g/mol. The second-order valence-electron chi connectivity index (χ2n) is 5.59. The lowest BCUT2D eigenvalue weighted by atomic mass is 10.2. The maximum absolute atomic E-state index is 9.27. The average molecular weight is 336 g/mol. The number of rotatable bonds is 4. The molecule has 4 rings (SSSR count). The van der Waals surface area contributed by atoms with Crippen molar-refractivity contribution in [1.82, 2.24) is 19.6 Å². The normalized spacial score (nSPS) is 11.1. The quantitative estimate of drug-likeness (QED) is 0.524. The molecule has 8 nitrogen and oxygen atoms in total. The minimum Gasteiger partial charge on any atom is -0.458 e. The number of aliphatic hydroxyl groups is 1. The van der Waals surface area contributed by atoms with Crippen LogP contribution in [0.25, 0.3) is 17.2 Å². The third-order valence-electron chi connectivity index (χ3n) is 3.73. The summed E-state index contributed by atoms with van der Waals surface area (Å²) in [6.45, 7) is 1.83. The van der Waals surface area contributed by atoms with Gasteiger partial charge in [0.2, 0.25) is 11.8 Å². The van der Waals surface area contributed by atoms with E-state index in [4.69, 9.17) is 10.2 Å². The van der Waals surface area contributed by atoms with Crippen LogP contribution in [0.15, 0.2) is 47.0 Å². The summed E-state index contributed by atoms with van der Waals surface area (Å²) in [6, 6.07) is 11.1. The van der Waals surface area contributed by atoms with Gasteiger partial charge < -0.3 is 20.6 Å². The number of hydrogen-bond acceptors (Lipinski definition) is 7. The second-order valence-corrected chi connectivity index (χ2v) is 5.59. The minimum atomic E-state index is -0.0264.